The van der Waals surface area contributed by atoms with Crippen molar-refractivity contribution in [2.75, 3.05) is 13.1 Å². The second-order valence-corrected chi connectivity index (χ2v) is 6.94. The Morgan fingerprint density at radius 2 is 2.00 bits per heavy atom. The standard InChI is InChI=1S/C13H18N2O4S/c1-2-9-14(10-11-7-8-11)20(18,19)13-6-4-3-5-12(13)15(16)17/h3-6,11H,2,7-10H2,1H3. The van der Waals surface area contributed by atoms with Crippen molar-refractivity contribution in [3.63, 3.8) is 0 Å². The smallest absolute Gasteiger partial charge is 0.258 e. The fraction of sp³-hybridized carbons (Fsp3) is 0.538. The van der Waals surface area contributed by atoms with Crippen LogP contribution in [0, 0.1) is 16.0 Å². The average molecular weight is 298 g/mol. The number of rotatable bonds is 7. The second-order valence-electron chi connectivity index (χ2n) is 5.03. The number of para-hydroxylation sites is 1. The van der Waals surface area contributed by atoms with E-state index in [0.29, 0.717) is 25.4 Å². The minimum Gasteiger partial charge on any atom is -0.258 e. The van der Waals surface area contributed by atoms with Gasteiger partial charge in [0.2, 0.25) is 10.0 Å². The number of hydrogen-bond acceptors (Lipinski definition) is 4. The highest BCUT2D eigenvalue weighted by atomic mass is 32.2. The van der Waals surface area contributed by atoms with Gasteiger partial charge >= 0.3 is 0 Å². The lowest BCUT2D eigenvalue weighted by Gasteiger charge is -2.21. The van der Waals surface area contributed by atoms with E-state index < -0.39 is 14.9 Å². The lowest BCUT2D eigenvalue weighted by atomic mass is 10.3. The topological polar surface area (TPSA) is 80.5 Å². The van der Waals surface area contributed by atoms with Crippen LogP contribution in [0.2, 0.25) is 0 Å². The SMILES string of the molecule is CCCN(CC1CC1)S(=O)(=O)c1ccccc1[N+](=O)[O-]. The summed E-state index contributed by atoms with van der Waals surface area (Å²) in [5.41, 5.74) is -0.357. The van der Waals surface area contributed by atoms with Crippen LogP contribution in [-0.2, 0) is 10.0 Å². The van der Waals surface area contributed by atoms with E-state index in [4.69, 9.17) is 0 Å². The predicted octanol–water partition coefficient (Wildman–Crippen LogP) is 2.41. The summed E-state index contributed by atoms with van der Waals surface area (Å²) in [6.07, 6.45) is 2.76. The molecule has 1 aliphatic rings. The van der Waals surface area contributed by atoms with E-state index in [-0.39, 0.29) is 10.6 Å². The molecule has 0 aliphatic heterocycles. The van der Waals surface area contributed by atoms with Crippen LogP contribution in [0.15, 0.2) is 29.2 Å². The van der Waals surface area contributed by atoms with Gasteiger partial charge in [0.25, 0.3) is 5.69 Å². The highest BCUT2D eigenvalue weighted by molar-refractivity contribution is 7.89. The molecule has 0 radical (unpaired) electrons. The molecule has 1 aliphatic carbocycles. The Morgan fingerprint density at radius 3 is 2.55 bits per heavy atom. The highest BCUT2D eigenvalue weighted by Gasteiger charge is 2.34. The normalized spacial score (nSPS) is 15.5. The molecule has 1 fully saturated rings. The molecule has 1 aromatic carbocycles. The molecule has 6 nitrogen and oxygen atoms in total. The molecule has 0 heterocycles. The van der Waals surface area contributed by atoms with Crippen LogP contribution in [-0.4, -0.2) is 30.7 Å². The summed E-state index contributed by atoms with van der Waals surface area (Å²) < 4.78 is 26.6. The first-order valence-corrected chi connectivity index (χ1v) is 8.14. The monoisotopic (exact) mass is 298 g/mol. The summed E-state index contributed by atoms with van der Waals surface area (Å²) in [5.74, 6) is 0.402. The number of nitrogens with zero attached hydrogens (tertiary/aromatic N) is 2. The van der Waals surface area contributed by atoms with Gasteiger partial charge in [-0.1, -0.05) is 19.1 Å². The first-order chi connectivity index (χ1) is 9.46. The van der Waals surface area contributed by atoms with Gasteiger partial charge < -0.3 is 0 Å². The third-order valence-electron chi connectivity index (χ3n) is 3.31. The van der Waals surface area contributed by atoms with Crippen LogP contribution in [0.5, 0.6) is 0 Å². The molecule has 0 amide bonds. The molecule has 2 rings (SSSR count). The molecule has 0 spiro atoms. The second kappa shape index (κ2) is 5.88. The predicted molar refractivity (Wildman–Crippen MR) is 74.9 cm³/mol. The summed E-state index contributed by atoms with van der Waals surface area (Å²) in [5, 5.41) is 11.0. The van der Waals surface area contributed by atoms with Crippen molar-refractivity contribution >= 4 is 15.7 Å². The molecule has 0 N–H and O–H groups in total. The van der Waals surface area contributed by atoms with Crippen LogP contribution in [0.4, 0.5) is 5.69 Å². The van der Waals surface area contributed by atoms with E-state index in [1.54, 1.807) is 0 Å². The Bertz CT molecular complexity index is 596. The van der Waals surface area contributed by atoms with Crippen LogP contribution in [0.1, 0.15) is 26.2 Å². The molecule has 110 valence electrons. The Kier molecular flexibility index (Phi) is 4.39. The van der Waals surface area contributed by atoms with E-state index in [2.05, 4.69) is 0 Å². The summed E-state index contributed by atoms with van der Waals surface area (Å²) in [7, 11) is -3.80. The van der Waals surface area contributed by atoms with Gasteiger partial charge in [-0.25, -0.2) is 8.42 Å². The summed E-state index contributed by atoms with van der Waals surface area (Å²) >= 11 is 0. The number of nitro benzene ring substituents is 1. The lowest BCUT2D eigenvalue weighted by Crippen LogP contribution is -2.34. The zero-order chi connectivity index (χ0) is 14.8. The van der Waals surface area contributed by atoms with Gasteiger partial charge in [0, 0.05) is 19.2 Å². The van der Waals surface area contributed by atoms with Gasteiger partial charge in [0.15, 0.2) is 4.90 Å². The van der Waals surface area contributed by atoms with E-state index in [9.17, 15) is 18.5 Å². The Morgan fingerprint density at radius 1 is 1.35 bits per heavy atom. The molecular weight excluding hydrogens is 280 g/mol. The fourth-order valence-electron chi connectivity index (χ4n) is 2.11. The largest absolute Gasteiger partial charge is 0.289 e. The van der Waals surface area contributed by atoms with Crippen molar-refractivity contribution in [2.24, 2.45) is 5.92 Å². The zero-order valence-corrected chi connectivity index (χ0v) is 12.2. The van der Waals surface area contributed by atoms with E-state index in [1.807, 2.05) is 6.92 Å². The fourth-order valence-corrected chi connectivity index (χ4v) is 3.88. The molecule has 1 aromatic rings. The maximum absolute atomic E-state index is 12.6. The third kappa shape index (κ3) is 3.16. The third-order valence-corrected chi connectivity index (χ3v) is 5.22. The number of benzene rings is 1. The first kappa shape index (κ1) is 14.9. The van der Waals surface area contributed by atoms with E-state index in [0.717, 1.165) is 12.8 Å². The van der Waals surface area contributed by atoms with E-state index >= 15 is 0 Å². The maximum atomic E-state index is 12.6. The van der Waals surface area contributed by atoms with Crippen molar-refractivity contribution in [3.8, 4) is 0 Å². The van der Waals surface area contributed by atoms with Crippen molar-refractivity contribution in [1.29, 1.82) is 0 Å². The minimum absolute atomic E-state index is 0.209. The molecule has 20 heavy (non-hydrogen) atoms. The van der Waals surface area contributed by atoms with Crippen molar-refractivity contribution < 1.29 is 13.3 Å². The van der Waals surface area contributed by atoms with Crippen LogP contribution >= 0.6 is 0 Å². The summed E-state index contributed by atoms with van der Waals surface area (Å²) in [4.78, 5) is 10.2. The van der Waals surface area contributed by atoms with Gasteiger partial charge in [0.1, 0.15) is 0 Å². The number of nitro groups is 1. The van der Waals surface area contributed by atoms with Gasteiger partial charge in [-0.15, -0.1) is 0 Å². The molecule has 7 heteroatoms. The molecular formula is C13H18N2O4S. The van der Waals surface area contributed by atoms with Crippen LogP contribution in [0.3, 0.4) is 0 Å². The highest BCUT2D eigenvalue weighted by Crippen LogP contribution is 2.33. The molecule has 0 bridgehead atoms. The quantitative estimate of drug-likeness (QED) is 0.572. The van der Waals surface area contributed by atoms with Gasteiger partial charge in [-0.05, 0) is 31.2 Å². The lowest BCUT2D eigenvalue weighted by molar-refractivity contribution is -0.387. The summed E-state index contributed by atoms with van der Waals surface area (Å²) in [6.45, 7) is 2.75. The Hall–Kier alpha value is -1.47. The van der Waals surface area contributed by atoms with Gasteiger partial charge in [-0.3, -0.25) is 10.1 Å². The van der Waals surface area contributed by atoms with Gasteiger partial charge in [0.05, 0.1) is 4.92 Å². The summed E-state index contributed by atoms with van der Waals surface area (Å²) in [6, 6.07) is 5.53. The molecule has 0 aromatic heterocycles. The van der Waals surface area contributed by atoms with Crippen molar-refractivity contribution in [2.45, 2.75) is 31.1 Å². The van der Waals surface area contributed by atoms with Crippen molar-refractivity contribution in [3.05, 3.63) is 34.4 Å². The molecule has 1 saturated carbocycles. The zero-order valence-electron chi connectivity index (χ0n) is 11.4. The minimum atomic E-state index is -3.80. The molecule has 0 atom stereocenters. The van der Waals surface area contributed by atoms with Crippen molar-refractivity contribution in [1.82, 2.24) is 4.31 Å². The number of sulfonamides is 1. The number of hydrogen-bond donors (Lipinski definition) is 0. The molecule has 0 saturated heterocycles. The Balaban J connectivity index is 2.38. The average Bonchev–Trinajstić information content (AvgIpc) is 3.22. The Labute approximate surface area is 118 Å². The molecule has 0 unspecified atom stereocenters. The first-order valence-electron chi connectivity index (χ1n) is 6.70. The van der Waals surface area contributed by atoms with Crippen LogP contribution < -0.4 is 0 Å². The van der Waals surface area contributed by atoms with E-state index in [1.165, 1.54) is 28.6 Å². The van der Waals surface area contributed by atoms with Gasteiger partial charge in [-0.2, -0.15) is 4.31 Å². The van der Waals surface area contributed by atoms with Crippen LogP contribution in [0.25, 0.3) is 0 Å². The maximum Gasteiger partial charge on any atom is 0.289 e.